The standard InChI is InChI=1S/C13H11ClF2N2OS/c1-7(5-14)12(19)18-13-17-11(6-20-13)8-2-3-9(15)10(16)4-8/h2-4,6-7H,5H2,1H3,(H,17,18,19). The number of rotatable bonds is 4. The van der Waals surface area contributed by atoms with Crippen LogP contribution < -0.4 is 5.32 Å². The third kappa shape index (κ3) is 3.32. The Hall–Kier alpha value is -1.53. The van der Waals surface area contributed by atoms with Crippen LogP contribution in [0.25, 0.3) is 11.3 Å². The molecule has 1 aromatic carbocycles. The van der Waals surface area contributed by atoms with Gasteiger partial charge in [-0.15, -0.1) is 22.9 Å². The molecular formula is C13H11ClF2N2OS. The van der Waals surface area contributed by atoms with Crippen LogP contribution in [0.4, 0.5) is 13.9 Å². The molecule has 0 saturated carbocycles. The molecule has 0 radical (unpaired) electrons. The number of halogens is 3. The first-order valence-electron chi connectivity index (χ1n) is 5.79. The van der Waals surface area contributed by atoms with Crippen LogP contribution in [-0.2, 0) is 4.79 Å². The second-order valence-electron chi connectivity index (χ2n) is 4.21. The molecule has 0 aliphatic carbocycles. The Kier molecular flexibility index (Phi) is 4.67. The molecule has 0 aliphatic rings. The van der Waals surface area contributed by atoms with Crippen molar-refractivity contribution in [3.63, 3.8) is 0 Å². The molecule has 0 aliphatic heterocycles. The number of carbonyl (C=O) groups excluding carboxylic acids is 1. The summed E-state index contributed by atoms with van der Waals surface area (Å²) >= 11 is 6.80. The highest BCUT2D eigenvalue weighted by Gasteiger charge is 2.14. The molecule has 0 saturated heterocycles. The molecule has 0 fully saturated rings. The molecule has 1 unspecified atom stereocenters. The van der Waals surface area contributed by atoms with Crippen molar-refractivity contribution in [1.29, 1.82) is 0 Å². The summed E-state index contributed by atoms with van der Waals surface area (Å²) in [6.45, 7) is 1.70. The lowest BCUT2D eigenvalue weighted by Crippen LogP contribution is -2.21. The highest BCUT2D eigenvalue weighted by molar-refractivity contribution is 7.14. The molecule has 106 valence electrons. The second-order valence-corrected chi connectivity index (χ2v) is 5.38. The molecule has 2 rings (SSSR count). The van der Waals surface area contributed by atoms with Crippen LogP contribution in [0, 0.1) is 17.6 Å². The fourth-order valence-electron chi connectivity index (χ4n) is 1.42. The molecular weight excluding hydrogens is 306 g/mol. The summed E-state index contributed by atoms with van der Waals surface area (Å²) in [5.41, 5.74) is 0.925. The average Bonchev–Trinajstić information content (AvgIpc) is 2.89. The van der Waals surface area contributed by atoms with Crippen LogP contribution >= 0.6 is 22.9 Å². The largest absolute Gasteiger partial charge is 0.302 e. The molecule has 0 bridgehead atoms. The van der Waals surface area contributed by atoms with Gasteiger partial charge in [-0.3, -0.25) is 4.79 Å². The Morgan fingerprint density at radius 1 is 1.45 bits per heavy atom. The summed E-state index contributed by atoms with van der Waals surface area (Å²) in [4.78, 5) is 15.8. The smallest absolute Gasteiger partial charge is 0.230 e. The summed E-state index contributed by atoms with van der Waals surface area (Å²) in [5.74, 6) is -2.18. The zero-order valence-electron chi connectivity index (χ0n) is 10.5. The van der Waals surface area contributed by atoms with Gasteiger partial charge in [-0.2, -0.15) is 0 Å². The topological polar surface area (TPSA) is 42.0 Å². The SMILES string of the molecule is CC(CCl)C(=O)Nc1nc(-c2ccc(F)c(F)c2)cs1. The zero-order valence-corrected chi connectivity index (χ0v) is 12.1. The summed E-state index contributed by atoms with van der Waals surface area (Å²) < 4.78 is 26.0. The monoisotopic (exact) mass is 316 g/mol. The van der Waals surface area contributed by atoms with Crippen molar-refractivity contribution in [2.45, 2.75) is 6.92 Å². The van der Waals surface area contributed by atoms with Crippen molar-refractivity contribution in [3.8, 4) is 11.3 Å². The number of anilines is 1. The summed E-state index contributed by atoms with van der Waals surface area (Å²) in [5, 5.41) is 4.68. The van der Waals surface area contributed by atoms with Crippen molar-refractivity contribution in [2.24, 2.45) is 5.92 Å². The number of amides is 1. The lowest BCUT2D eigenvalue weighted by molar-refractivity contribution is -0.118. The summed E-state index contributed by atoms with van der Waals surface area (Å²) in [6, 6.07) is 3.54. The van der Waals surface area contributed by atoms with E-state index < -0.39 is 11.6 Å². The quantitative estimate of drug-likeness (QED) is 0.869. The molecule has 7 heteroatoms. The van der Waals surface area contributed by atoms with Crippen LogP contribution in [0.3, 0.4) is 0 Å². The van der Waals surface area contributed by atoms with Gasteiger partial charge in [-0.05, 0) is 18.2 Å². The van der Waals surface area contributed by atoms with Crippen molar-refractivity contribution in [3.05, 3.63) is 35.2 Å². The molecule has 1 N–H and O–H groups in total. The normalized spacial score (nSPS) is 12.2. The van der Waals surface area contributed by atoms with E-state index in [9.17, 15) is 13.6 Å². The van der Waals surface area contributed by atoms with E-state index in [0.29, 0.717) is 16.4 Å². The molecule has 3 nitrogen and oxygen atoms in total. The minimum absolute atomic E-state index is 0.216. The average molecular weight is 317 g/mol. The summed E-state index contributed by atoms with van der Waals surface area (Å²) in [7, 11) is 0. The van der Waals surface area contributed by atoms with Gasteiger partial charge in [0, 0.05) is 22.7 Å². The van der Waals surface area contributed by atoms with Crippen molar-refractivity contribution in [2.75, 3.05) is 11.2 Å². The zero-order chi connectivity index (χ0) is 14.7. The van der Waals surface area contributed by atoms with Gasteiger partial charge in [0.05, 0.1) is 5.69 Å². The second kappa shape index (κ2) is 6.28. The molecule has 1 aromatic heterocycles. The van der Waals surface area contributed by atoms with Gasteiger partial charge in [-0.1, -0.05) is 6.92 Å². The van der Waals surface area contributed by atoms with Gasteiger partial charge in [0.2, 0.25) is 5.91 Å². The predicted octanol–water partition coefficient (Wildman–Crippen LogP) is 3.90. The van der Waals surface area contributed by atoms with E-state index in [0.717, 1.165) is 12.1 Å². The van der Waals surface area contributed by atoms with E-state index in [4.69, 9.17) is 11.6 Å². The first-order valence-corrected chi connectivity index (χ1v) is 7.20. The number of hydrogen-bond acceptors (Lipinski definition) is 3. The van der Waals surface area contributed by atoms with E-state index in [2.05, 4.69) is 10.3 Å². The van der Waals surface area contributed by atoms with Gasteiger partial charge >= 0.3 is 0 Å². The molecule has 20 heavy (non-hydrogen) atoms. The maximum Gasteiger partial charge on any atom is 0.230 e. The Bertz CT molecular complexity index is 633. The Morgan fingerprint density at radius 2 is 2.20 bits per heavy atom. The first kappa shape index (κ1) is 14.9. The predicted molar refractivity (Wildman–Crippen MR) is 76.0 cm³/mol. The molecule has 2 aromatic rings. The number of nitrogens with zero attached hydrogens (tertiary/aromatic N) is 1. The van der Waals surface area contributed by atoms with Crippen molar-refractivity contribution in [1.82, 2.24) is 4.98 Å². The van der Waals surface area contributed by atoms with Crippen molar-refractivity contribution < 1.29 is 13.6 Å². The molecule has 1 heterocycles. The number of thiazole rings is 1. The molecule has 1 atom stereocenters. The Labute approximate surface area is 123 Å². The van der Waals surface area contributed by atoms with Crippen LogP contribution in [0.5, 0.6) is 0 Å². The van der Waals surface area contributed by atoms with E-state index >= 15 is 0 Å². The van der Waals surface area contributed by atoms with Gasteiger partial charge < -0.3 is 5.32 Å². The van der Waals surface area contributed by atoms with Crippen LogP contribution in [0.15, 0.2) is 23.6 Å². The van der Waals surface area contributed by atoms with Gasteiger partial charge in [0.1, 0.15) is 0 Å². The number of aromatic nitrogens is 1. The highest BCUT2D eigenvalue weighted by atomic mass is 35.5. The minimum atomic E-state index is -0.933. The maximum atomic E-state index is 13.1. The van der Waals surface area contributed by atoms with Gasteiger partial charge in [-0.25, -0.2) is 13.8 Å². The maximum absolute atomic E-state index is 13.1. The van der Waals surface area contributed by atoms with E-state index in [1.165, 1.54) is 17.4 Å². The summed E-state index contributed by atoms with van der Waals surface area (Å²) in [6.07, 6.45) is 0. The lowest BCUT2D eigenvalue weighted by atomic mass is 10.2. The third-order valence-electron chi connectivity index (χ3n) is 2.63. The third-order valence-corrected chi connectivity index (χ3v) is 3.85. The van der Waals surface area contributed by atoms with Crippen LogP contribution in [-0.4, -0.2) is 16.8 Å². The van der Waals surface area contributed by atoms with E-state index in [-0.39, 0.29) is 17.7 Å². The van der Waals surface area contributed by atoms with Gasteiger partial charge in [0.25, 0.3) is 0 Å². The highest BCUT2D eigenvalue weighted by Crippen LogP contribution is 2.26. The first-order chi connectivity index (χ1) is 9.51. The van der Waals surface area contributed by atoms with Crippen molar-refractivity contribution >= 4 is 34.0 Å². The number of nitrogens with one attached hydrogen (secondary N) is 1. The van der Waals surface area contributed by atoms with E-state index in [1.807, 2.05) is 0 Å². The van der Waals surface area contributed by atoms with Crippen LogP contribution in [0.2, 0.25) is 0 Å². The number of benzene rings is 1. The lowest BCUT2D eigenvalue weighted by Gasteiger charge is -2.05. The fourth-order valence-corrected chi connectivity index (χ4v) is 2.28. The van der Waals surface area contributed by atoms with Crippen LogP contribution in [0.1, 0.15) is 6.92 Å². The van der Waals surface area contributed by atoms with E-state index in [1.54, 1.807) is 12.3 Å². The number of alkyl halides is 1. The Balaban J connectivity index is 2.16. The molecule has 0 spiro atoms. The molecule has 1 amide bonds. The Morgan fingerprint density at radius 3 is 2.85 bits per heavy atom. The minimum Gasteiger partial charge on any atom is -0.302 e. The number of carbonyl (C=O) groups is 1. The fraction of sp³-hybridized carbons (Fsp3) is 0.231. The number of hydrogen-bond donors (Lipinski definition) is 1. The van der Waals surface area contributed by atoms with Gasteiger partial charge in [0.15, 0.2) is 16.8 Å².